The van der Waals surface area contributed by atoms with Crippen molar-refractivity contribution in [1.29, 1.82) is 0 Å². The van der Waals surface area contributed by atoms with Crippen molar-refractivity contribution in [2.24, 2.45) is 0 Å². The summed E-state index contributed by atoms with van der Waals surface area (Å²) in [6, 6.07) is 4.21. The molecule has 1 rings (SSSR count). The lowest BCUT2D eigenvalue weighted by Crippen LogP contribution is -2.54. The average Bonchev–Trinajstić information content (AvgIpc) is 2.17. The second kappa shape index (κ2) is 4.96. The third-order valence-electron chi connectivity index (χ3n) is 2.36. The maximum atomic E-state index is 2.10. The molecular formula is C12H22N4+2. The van der Waals surface area contributed by atoms with Crippen LogP contribution in [0.5, 0.6) is 0 Å². The molecule has 1 heterocycles. The minimum absolute atomic E-state index is 1.13. The molecule has 0 radical (unpaired) electrons. The molecule has 16 heavy (non-hydrogen) atoms. The minimum Gasteiger partial charge on any atom is -0.377 e. The van der Waals surface area contributed by atoms with Crippen LogP contribution in [0.3, 0.4) is 0 Å². The highest BCUT2D eigenvalue weighted by molar-refractivity contribution is 5.64. The van der Waals surface area contributed by atoms with Gasteiger partial charge in [0.1, 0.15) is 40.6 Å². The largest absolute Gasteiger partial charge is 0.526 e. The van der Waals surface area contributed by atoms with Gasteiger partial charge in [-0.3, -0.25) is 0 Å². The molecule has 0 aromatic carbocycles. The lowest BCUT2D eigenvalue weighted by Gasteiger charge is -2.11. The molecule has 0 spiro atoms. The zero-order chi connectivity index (χ0) is 12.3. The van der Waals surface area contributed by atoms with Gasteiger partial charge in [-0.1, -0.05) is 0 Å². The van der Waals surface area contributed by atoms with E-state index in [1.807, 2.05) is 42.3 Å². The Kier molecular flexibility index (Phi) is 3.88. The highest BCUT2D eigenvalue weighted by atomic mass is 15.3. The van der Waals surface area contributed by atoms with Crippen molar-refractivity contribution in [3.63, 3.8) is 0 Å². The van der Waals surface area contributed by atoms with Crippen LogP contribution in [0, 0.1) is 0 Å². The van der Waals surface area contributed by atoms with Gasteiger partial charge in [-0.25, -0.2) is 0 Å². The lowest BCUT2D eigenvalue weighted by molar-refractivity contribution is -0.636. The van der Waals surface area contributed by atoms with E-state index in [2.05, 4.69) is 43.5 Å². The third-order valence-corrected chi connectivity index (χ3v) is 2.36. The van der Waals surface area contributed by atoms with E-state index in [0.717, 1.165) is 5.96 Å². The highest BCUT2D eigenvalue weighted by Gasteiger charge is 2.22. The molecular weight excluding hydrogens is 200 g/mol. The quantitative estimate of drug-likeness (QED) is 0.379. The normalized spacial score (nSPS) is 9.88. The summed E-state index contributed by atoms with van der Waals surface area (Å²) in [5.74, 6) is 1.13. The first-order valence-corrected chi connectivity index (χ1v) is 5.34. The van der Waals surface area contributed by atoms with Crippen molar-refractivity contribution in [2.45, 2.75) is 0 Å². The molecule has 0 bridgehead atoms. The van der Waals surface area contributed by atoms with Gasteiger partial charge in [0.2, 0.25) is 0 Å². The zero-order valence-electron chi connectivity index (χ0n) is 11.1. The van der Waals surface area contributed by atoms with E-state index in [1.165, 1.54) is 5.69 Å². The predicted octanol–water partition coefficient (Wildman–Crippen LogP) is 0.0779. The van der Waals surface area contributed by atoms with Crippen LogP contribution in [-0.4, -0.2) is 57.7 Å². The van der Waals surface area contributed by atoms with Gasteiger partial charge in [0, 0.05) is 31.9 Å². The molecule has 0 saturated heterocycles. The molecule has 0 N–H and O–H groups in total. The first kappa shape index (κ1) is 12.5. The van der Waals surface area contributed by atoms with Crippen molar-refractivity contribution >= 4 is 11.6 Å². The smallest absolute Gasteiger partial charge is 0.377 e. The number of pyridine rings is 1. The van der Waals surface area contributed by atoms with E-state index < -0.39 is 0 Å². The number of rotatable bonds is 1. The van der Waals surface area contributed by atoms with Gasteiger partial charge < -0.3 is 4.90 Å². The molecule has 88 valence electrons. The Hall–Kier alpha value is -1.58. The molecule has 0 aliphatic heterocycles. The van der Waals surface area contributed by atoms with Crippen molar-refractivity contribution in [3.8, 4) is 0 Å². The van der Waals surface area contributed by atoms with E-state index >= 15 is 0 Å². The topological polar surface area (TPSA) is 13.4 Å². The maximum absolute atomic E-state index is 2.10. The van der Waals surface area contributed by atoms with Gasteiger partial charge in [-0.05, 0) is 0 Å². The fourth-order valence-corrected chi connectivity index (χ4v) is 1.71. The molecule has 0 unspecified atom stereocenters. The summed E-state index contributed by atoms with van der Waals surface area (Å²) in [5.41, 5.74) is 1.20. The molecule has 0 fully saturated rings. The SMILES string of the molecule is CN(C)C(=[N+](C)C)[n+]1ccc(N(C)C)cc1. The van der Waals surface area contributed by atoms with Crippen LogP contribution < -0.4 is 9.47 Å². The van der Waals surface area contributed by atoms with Crippen LogP contribution in [0.25, 0.3) is 0 Å². The Balaban J connectivity index is 3.10. The summed E-state index contributed by atoms with van der Waals surface area (Å²) in [6.45, 7) is 0. The first-order chi connectivity index (χ1) is 7.43. The maximum Gasteiger partial charge on any atom is 0.526 e. The van der Waals surface area contributed by atoms with E-state index in [0.29, 0.717) is 0 Å². The van der Waals surface area contributed by atoms with Crippen LogP contribution in [-0.2, 0) is 0 Å². The van der Waals surface area contributed by atoms with Crippen LogP contribution in [0.15, 0.2) is 24.5 Å². The van der Waals surface area contributed by atoms with Gasteiger partial charge in [0.25, 0.3) is 0 Å². The molecule has 4 heteroatoms. The lowest BCUT2D eigenvalue weighted by atomic mass is 10.4. The van der Waals surface area contributed by atoms with Crippen molar-refractivity contribution in [1.82, 2.24) is 4.90 Å². The summed E-state index contributed by atoms with van der Waals surface area (Å²) in [4.78, 5) is 4.19. The zero-order valence-corrected chi connectivity index (χ0v) is 11.1. The summed E-state index contributed by atoms with van der Waals surface area (Å²) < 4.78 is 4.20. The Bertz CT molecular complexity index is 373. The summed E-state index contributed by atoms with van der Waals surface area (Å²) in [6.07, 6.45) is 4.15. The summed E-state index contributed by atoms with van der Waals surface area (Å²) in [5, 5.41) is 0. The monoisotopic (exact) mass is 222 g/mol. The number of hydrogen-bond acceptors (Lipinski definition) is 1. The summed E-state index contributed by atoms with van der Waals surface area (Å²) >= 11 is 0. The van der Waals surface area contributed by atoms with E-state index in [-0.39, 0.29) is 0 Å². The van der Waals surface area contributed by atoms with Gasteiger partial charge in [0.15, 0.2) is 0 Å². The Morgan fingerprint density at radius 1 is 1.06 bits per heavy atom. The van der Waals surface area contributed by atoms with Crippen molar-refractivity contribution in [3.05, 3.63) is 24.5 Å². The third kappa shape index (κ3) is 2.72. The molecule has 0 saturated carbocycles. The molecule has 0 amide bonds. The van der Waals surface area contributed by atoms with Gasteiger partial charge >= 0.3 is 5.96 Å². The van der Waals surface area contributed by atoms with Gasteiger partial charge in [-0.2, -0.15) is 9.48 Å². The number of anilines is 1. The molecule has 0 atom stereocenters. The number of hydrogen-bond donors (Lipinski definition) is 0. The van der Waals surface area contributed by atoms with Crippen LogP contribution in [0.2, 0.25) is 0 Å². The molecule has 1 aromatic heterocycles. The molecule has 1 aromatic rings. The minimum atomic E-state index is 1.13. The van der Waals surface area contributed by atoms with E-state index in [4.69, 9.17) is 0 Å². The highest BCUT2D eigenvalue weighted by Crippen LogP contribution is 2.05. The van der Waals surface area contributed by atoms with Crippen molar-refractivity contribution in [2.75, 3.05) is 47.2 Å². The second-order valence-corrected chi connectivity index (χ2v) is 4.45. The van der Waals surface area contributed by atoms with E-state index in [1.54, 1.807) is 0 Å². The van der Waals surface area contributed by atoms with Crippen LogP contribution in [0.4, 0.5) is 5.69 Å². The average molecular weight is 222 g/mol. The molecule has 4 nitrogen and oxygen atoms in total. The Morgan fingerprint density at radius 3 is 1.88 bits per heavy atom. The molecule has 0 aliphatic carbocycles. The number of aromatic nitrogens is 1. The molecule has 0 aliphatic rings. The predicted molar refractivity (Wildman–Crippen MR) is 67.2 cm³/mol. The fourth-order valence-electron chi connectivity index (χ4n) is 1.71. The van der Waals surface area contributed by atoms with Gasteiger partial charge in [0.05, 0.1) is 0 Å². The fraction of sp³-hybridized carbons (Fsp3) is 0.500. The summed E-state index contributed by atoms with van der Waals surface area (Å²) in [7, 11) is 12.3. The van der Waals surface area contributed by atoms with Crippen LogP contribution >= 0.6 is 0 Å². The van der Waals surface area contributed by atoms with Crippen LogP contribution in [0.1, 0.15) is 0 Å². The Morgan fingerprint density at radius 2 is 1.56 bits per heavy atom. The number of nitrogens with zero attached hydrogens (tertiary/aromatic N) is 4. The second-order valence-electron chi connectivity index (χ2n) is 4.45. The van der Waals surface area contributed by atoms with E-state index in [9.17, 15) is 0 Å². The van der Waals surface area contributed by atoms with Gasteiger partial charge in [-0.15, -0.1) is 4.57 Å². The first-order valence-electron chi connectivity index (χ1n) is 5.34. The van der Waals surface area contributed by atoms with Crippen molar-refractivity contribution < 1.29 is 9.14 Å². The standard InChI is InChI=1S/C12H22N4/c1-13(2)11-7-9-16(10-8-11)12(14(3)4)15(5)6/h7-10H,1-6H3/q+2. The Labute approximate surface area is 98.0 Å².